The second kappa shape index (κ2) is 8.64. The van der Waals surface area contributed by atoms with Crippen LogP contribution in [0.3, 0.4) is 0 Å². The maximum absolute atomic E-state index is 14.3. The number of anilines is 1. The maximum atomic E-state index is 14.3. The van der Waals surface area contributed by atoms with Crippen molar-refractivity contribution >= 4 is 84.7 Å². The molecule has 0 unspecified atom stereocenters. The summed E-state index contributed by atoms with van der Waals surface area (Å²) in [6.07, 6.45) is 0. The predicted molar refractivity (Wildman–Crippen MR) is 103 cm³/mol. The van der Waals surface area contributed by atoms with E-state index < -0.39 is 11.8 Å². The normalized spacial score (nSPS) is 14.2. The van der Waals surface area contributed by atoms with Crippen LogP contribution in [0, 0.1) is 5.82 Å². The molecule has 1 aliphatic heterocycles. The Kier molecular flexibility index (Phi) is 6.67. The summed E-state index contributed by atoms with van der Waals surface area (Å²) in [4.78, 5) is 17.6. The Morgan fingerprint density at radius 1 is 1.22 bits per heavy atom. The van der Waals surface area contributed by atoms with E-state index in [1.54, 1.807) is 22.7 Å². The van der Waals surface area contributed by atoms with E-state index in [9.17, 15) is 14.3 Å². The van der Waals surface area contributed by atoms with Crippen LogP contribution in [0.1, 0.15) is 10.5 Å². The molecule has 27 heavy (non-hydrogen) atoms. The van der Waals surface area contributed by atoms with E-state index in [1.807, 2.05) is 4.90 Å². The fourth-order valence-corrected chi connectivity index (χ4v) is 3.25. The van der Waals surface area contributed by atoms with Gasteiger partial charge in [0.25, 0.3) is 0 Å². The number of nitrogens with zero attached hydrogens (tertiary/aromatic N) is 4. The van der Waals surface area contributed by atoms with Crippen molar-refractivity contribution in [3.63, 3.8) is 0 Å². The SMILES string of the molecule is O=C(O)c1cc(N2CCOCC2)n2nc(-c3ccc(Br)cc3F)cc2n1.[KH]. The summed E-state index contributed by atoms with van der Waals surface area (Å²) < 4.78 is 21.8. The summed E-state index contributed by atoms with van der Waals surface area (Å²) in [5.41, 5.74) is 0.980. The standard InChI is InChI=1S/C17H14BrFN4O3.K.H/c18-10-1-2-11(12(19)7-10)13-8-15-20-14(17(24)25)9-16(23(15)21-13)22-3-5-26-6-4-22;;/h1-2,7-9H,3-6H2,(H,24,25);;. The van der Waals surface area contributed by atoms with Gasteiger partial charge in [-0.05, 0) is 18.2 Å². The van der Waals surface area contributed by atoms with Gasteiger partial charge in [0.1, 0.15) is 11.6 Å². The number of carboxylic acid groups (broad SMARTS) is 1. The molecule has 0 atom stereocenters. The molecule has 2 aromatic heterocycles. The first-order chi connectivity index (χ1) is 12.5. The van der Waals surface area contributed by atoms with Crippen LogP contribution in [0.4, 0.5) is 10.2 Å². The van der Waals surface area contributed by atoms with Crippen molar-refractivity contribution in [3.8, 4) is 11.3 Å². The van der Waals surface area contributed by atoms with Gasteiger partial charge in [0, 0.05) is 35.3 Å². The number of ether oxygens (including phenoxy) is 1. The second-order valence-corrected chi connectivity index (χ2v) is 6.74. The first kappa shape index (κ1) is 20.8. The van der Waals surface area contributed by atoms with Crippen molar-refractivity contribution in [3.05, 3.63) is 46.3 Å². The molecule has 4 rings (SSSR count). The van der Waals surface area contributed by atoms with Gasteiger partial charge in [0.2, 0.25) is 0 Å². The van der Waals surface area contributed by atoms with Crippen LogP contribution >= 0.6 is 15.9 Å². The van der Waals surface area contributed by atoms with Gasteiger partial charge < -0.3 is 14.7 Å². The molecule has 1 aliphatic rings. The van der Waals surface area contributed by atoms with E-state index in [2.05, 4.69) is 26.0 Å². The molecule has 0 saturated carbocycles. The average molecular weight is 461 g/mol. The van der Waals surface area contributed by atoms with Crippen LogP contribution < -0.4 is 4.90 Å². The molecule has 7 nitrogen and oxygen atoms in total. The van der Waals surface area contributed by atoms with Gasteiger partial charge in [-0.2, -0.15) is 9.61 Å². The number of fused-ring (bicyclic) bond motifs is 1. The predicted octanol–water partition coefficient (Wildman–Crippen LogP) is 2.18. The first-order valence-corrected chi connectivity index (χ1v) is 8.74. The van der Waals surface area contributed by atoms with Crippen molar-refractivity contribution in [2.45, 2.75) is 0 Å². The van der Waals surface area contributed by atoms with E-state index >= 15 is 0 Å². The van der Waals surface area contributed by atoms with Crippen LogP contribution in [0.15, 0.2) is 34.8 Å². The molecule has 10 heteroatoms. The van der Waals surface area contributed by atoms with Gasteiger partial charge in [0.15, 0.2) is 11.3 Å². The van der Waals surface area contributed by atoms with Crippen LogP contribution in [-0.4, -0.2) is 103 Å². The number of carbonyl (C=O) groups is 1. The van der Waals surface area contributed by atoms with Crippen molar-refractivity contribution in [2.24, 2.45) is 0 Å². The number of hydrogen-bond donors (Lipinski definition) is 1. The van der Waals surface area contributed by atoms with Crippen molar-refractivity contribution < 1.29 is 19.0 Å². The van der Waals surface area contributed by atoms with E-state index in [4.69, 9.17) is 4.74 Å². The molecular formula is C17H15BrFKN4O3. The summed E-state index contributed by atoms with van der Waals surface area (Å²) in [7, 11) is 0. The zero-order valence-corrected chi connectivity index (χ0v) is 15.1. The quantitative estimate of drug-likeness (QED) is 0.603. The number of morpholine rings is 1. The average Bonchev–Trinajstić information content (AvgIpc) is 3.05. The minimum atomic E-state index is -1.13. The molecule has 3 aromatic rings. The topological polar surface area (TPSA) is 80.0 Å². The molecule has 1 fully saturated rings. The van der Waals surface area contributed by atoms with Crippen LogP contribution in [-0.2, 0) is 4.74 Å². The van der Waals surface area contributed by atoms with E-state index in [0.29, 0.717) is 53.5 Å². The molecule has 1 N–H and O–H groups in total. The molecule has 1 aromatic carbocycles. The fraction of sp³-hybridized carbons (Fsp3) is 0.235. The Bertz CT molecular complexity index is 1010. The van der Waals surface area contributed by atoms with Crippen LogP contribution in [0.2, 0.25) is 0 Å². The first-order valence-electron chi connectivity index (χ1n) is 7.95. The number of aromatic nitrogens is 3. The molecule has 0 bridgehead atoms. The molecule has 136 valence electrons. The Morgan fingerprint density at radius 3 is 2.63 bits per heavy atom. The zero-order valence-electron chi connectivity index (χ0n) is 13.5. The molecule has 1 saturated heterocycles. The minimum absolute atomic E-state index is 0. The summed E-state index contributed by atoms with van der Waals surface area (Å²) >= 11 is 3.23. The van der Waals surface area contributed by atoms with Crippen LogP contribution in [0.5, 0.6) is 0 Å². The van der Waals surface area contributed by atoms with Gasteiger partial charge in [-0.1, -0.05) is 15.9 Å². The second-order valence-electron chi connectivity index (χ2n) is 5.83. The number of aromatic carboxylic acids is 1. The van der Waals surface area contributed by atoms with Gasteiger partial charge >= 0.3 is 57.4 Å². The number of rotatable bonds is 3. The summed E-state index contributed by atoms with van der Waals surface area (Å²) in [5.74, 6) is -0.951. The van der Waals surface area contributed by atoms with Crippen molar-refractivity contribution in [1.82, 2.24) is 14.6 Å². The number of benzene rings is 1. The summed E-state index contributed by atoms with van der Waals surface area (Å²) in [6.45, 7) is 2.31. The molecule has 0 radical (unpaired) electrons. The van der Waals surface area contributed by atoms with Crippen molar-refractivity contribution in [1.29, 1.82) is 0 Å². The molecule has 0 aliphatic carbocycles. The molecular weight excluding hydrogens is 446 g/mol. The van der Waals surface area contributed by atoms with Crippen LogP contribution in [0.25, 0.3) is 16.9 Å². The van der Waals surface area contributed by atoms with Gasteiger partial charge in [-0.15, -0.1) is 0 Å². The number of hydrogen-bond acceptors (Lipinski definition) is 5. The van der Waals surface area contributed by atoms with Gasteiger partial charge in [0.05, 0.1) is 18.9 Å². The Labute approximate surface area is 205 Å². The summed E-state index contributed by atoms with van der Waals surface area (Å²) in [6, 6.07) is 7.77. The van der Waals surface area contributed by atoms with Gasteiger partial charge in [-0.25, -0.2) is 14.2 Å². The van der Waals surface area contributed by atoms with E-state index in [-0.39, 0.29) is 57.1 Å². The zero-order chi connectivity index (χ0) is 18.3. The molecule has 0 spiro atoms. The molecule has 3 heterocycles. The van der Waals surface area contributed by atoms with E-state index in [0.717, 1.165) is 0 Å². The van der Waals surface area contributed by atoms with Crippen molar-refractivity contribution in [2.75, 3.05) is 31.2 Å². The van der Waals surface area contributed by atoms with Gasteiger partial charge in [-0.3, -0.25) is 0 Å². The number of carboxylic acids is 1. The third kappa shape index (κ3) is 4.26. The fourth-order valence-electron chi connectivity index (χ4n) is 2.91. The Morgan fingerprint density at radius 2 is 1.96 bits per heavy atom. The monoisotopic (exact) mass is 460 g/mol. The van der Waals surface area contributed by atoms with E-state index in [1.165, 1.54) is 12.1 Å². The number of halogens is 2. The Hall–Kier alpha value is -0.884. The third-order valence-electron chi connectivity index (χ3n) is 4.17. The molecule has 0 amide bonds. The Balaban J connectivity index is 0.00000210. The summed E-state index contributed by atoms with van der Waals surface area (Å²) in [5, 5.41) is 13.8. The third-order valence-corrected chi connectivity index (χ3v) is 4.66.